The van der Waals surface area contributed by atoms with Crippen molar-refractivity contribution in [3.8, 4) is 11.8 Å². The Balaban J connectivity index is 2.00. The standard InChI is InChI=1S/C18H14FNO2/c1-21-16-9-10-18(13-6-3-2-5-12(13)16)22-17-8-4-7-15(19)14(17)11-20/h2-8,10,16H,9H2,1H3. The number of fused-ring (bicyclic) bond motifs is 1. The van der Waals surface area contributed by atoms with Gasteiger partial charge in [-0.15, -0.1) is 0 Å². The maximum absolute atomic E-state index is 13.7. The Morgan fingerprint density at radius 3 is 2.77 bits per heavy atom. The van der Waals surface area contributed by atoms with Crippen LogP contribution in [0.2, 0.25) is 0 Å². The van der Waals surface area contributed by atoms with E-state index in [4.69, 9.17) is 14.7 Å². The molecule has 3 rings (SSSR count). The summed E-state index contributed by atoms with van der Waals surface area (Å²) in [5.74, 6) is 0.255. The summed E-state index contributed by atoms with van der Waals surface area (Å²) in [5.41, 5.74) is 1.83. The molecule has 0 aromatic heterocycles. The van der Waals surface area contributed by atoms with E-state index in [2.05, 4.69) is 0 Å². The van der Waals surface area contributed by atoms with Crippen molar-refractivity contribution < 1.29 is 13.9 Å². The van der Waals surface area contributed by atoms with Crippen molar-refractivity contribution in [3.05, 3.63) is 71.0 Å². The van der Waals surface area contributed by atoms with Crippen LogP contribution in [0.15, 0.2) is 48.5 Å². The summed E-state index contributed by atoms with van der Waals surface area (Å²) < 4.78 is 25.0. The Labute approximate surface area is 128 Å². The van der Waals surface area contributed by atoms with Gasteiger partial charge in [-0.25, -0.2) is 4.39 Å². The second kappa shape index (κ2) is 6.00. The number of ether oxygens (including phenoxy) is 2. The first-order valence-electron chi connectivity index (χ1n) is 6.93. The van der Waals surface area contributed by atoms with E-state index in [-0.39, 0.29) is 17.4 Å². The van der Waals surface area contributed by atoms with Crippen LogP contribution in [-0.2, 0) is 4.74 Å². The van der Waals surface area contributed by atoms with Crippen molar-refractivity contribution in [2.75, 3.05) is 7.11 Å². The highest BCUT2D eigenvalue weighted by atomic mass is 19.1. The number of halogens is 1. The maximum Gasteiger partial charge on any atom is 0.148 e. The third-order valence-corrected chi connectivity index (χ3v) is 3.68. The van der Waals surface area contributed by atoms with Gasteiger partial charge in [0.05, 0.1) is 6.10 Å². The smallest absolute Gasteiger partial charge is 0.148 e. The Hall–Kier alpha value is -2.64. The van der Waals surface area contributed by atoms with Crippen molar-refractivity contribution in [1.29, 1.82) is 5.26 Å². The largest absolute Gasteiger partial charge is 0.456 e. The minimum absolute atomic E-state index is 0.0218. The zero-order valence-corrected chi connectivity index (χ0v) is 12.0. The molecule has 22 heavy (non-hydrogen) atoms. The van der Waals surface area contributed by atoms with Gasteiger partial charge in [0, 0.05) is 12.7 Å². The van der Waals surface area contributed by atoms with Crippen LogP contribution in [0.3, 0.4) is 0 Å². The van der Waals surface area contributed by atoms with Crippen LogP contribution in [-0.4, -0.2) is 7.11 Å². The van der Waals surface area contributed by atoms with Crippen LogP contribution >= 0.6 is 0 Å². The number of hydrogen-bond acceptors (Lipinski definition) is 3. The summed E-state index contributed by atoms with van der Waals surface area (Å²) in [7, 11) is 1.67. The normalized spacial score (nSPS) is 16.4. The number of benzene rings is 2. The van der Waals surface area contributed by atoms with Crippen molar-refractivity contribution in [2.24, 2.45) is 0 Å². The summed E-state index contributed by atoms with van der Waals surface area (Å²) in [6.45, 7) is 0. The minimum atomic E-state index is -0.584. The molecule has 0 saturated carbocycles. The number of rotatable bonds is 3. The van der Waals surface area contributed by atoms with Gasteiger partial charge in [-0.3, -0.25) is 0 Å². The van der Waals surface area contributed by atoms with Gasteiger partial charge in [-0.2, -0.15) is 5.26 Å². The number of nitrogens with zero attached hydrogens (tertiary/aromatic N) is 1. The molecule has 1 aliphatic carbocycles. The first-order chi connectivity index (χ1) is 10.7. The predicted molar refractivity (Wildman–Crippen MR) is 80.5 cm³/mol. The predicted octanol–water partition coefficient (Wildman–Crippen LogP) is 4.21. The van der Waals surface area contributed by atoms with E-state index >= 15 is 0 Å². The van der Waals surface area contributed by atoms with E-state index in [1.165, 1.54) is 12.1 Å². The molecule has 0 amide bonds. The summed E-state index contributed by atoms with van der Waals surface area (Å²) in [4.78, 5) is 0. The average Bonchev–Trinajstić information content (AvgIpc) is 2.55. The number of nitriles is 1. The summed E-state index contributed by atoms with van der Waals surface area (Å²) in [5, 5.41) is 9.09. The van der Waals surface area contributed by atoms with Crippen LogP contribution in [0.25, 0.3) is 5.76 Å². The molecule has 3 nitrogen and oxygen atoms in total. The molecule has 0 bridgehead atoms. The first kappa shape index (κ1) is 14.3. The third-order valence-electron chi connectivity index (χ3n) is 3.68. The van der Waals surface area contributed by atoms with Crippen LogP contribution in [0.4, 0.5) is 4.39 Å². The fourth-order valence-corrected chi connectivity index (χ4v) is 2.59. The Bertz CT molecular complexity index is 777. The highest BCUT2D eigenvalue weighted by Crippen LogP contribution is 2.36. The SMILES string of the molecule is COC1CC=C(Oc2cccc(F)c2C#N)c2ccccc21. The molecule has 2 aromatic rings. The number of hydrogen-bond donors (Lipinski definition) is 0. The molecule has 0 N–H and O–H groups in total. The molecule has 1 unspecified atom stereocenters. The van der Waals surface area contributed by atoms with Gasteiger partial charge >= 0.3 is 0 Å². The molecular weight excluding hydrogens is 281 g/mol. The lowest BCUT2D eigenvalue weighted by molar-refractivity contribution is 0.104. The van der Waals surface area contributed by atoms with Gasteiger partial charge in [0.25, 0.3) is 0 Å². The van der Waals surface area contributed by atoms with E-state index in [0.717, 1.165) is 11.1 Å². The highest BCUT2D eigenvalue weighted by molar-refractivity contribution is 5.68. The monoisotopic (exact) mass is 295 g/mol. The molecule has 1 atom stereocenters. The molecule has 110 valence electrons. The topological polar surface area (TPSA) is 42.2 Å². The first-order valence-corrected chi connectivity index (χ1v) is 6.93. The molecule has 0 heterocycles. The zero-order chi connectivity index (χ0) is 15.5. The van der Waals surface area contributed by atoms with Gasteiger partial charge in [0.2, 0.25) is 0 Å². The van der Waals surface area contributed by atoms with Gasteiger partial charge in [0.15, 0.2) is 0 Å². The molecule has 4 heteroatoms. The lowest BCUT2D eigenvalue weighted by Gasteiger charge is -2.24. The van der Waals surface area contributed by atoms with Crippen molar-refractivity contribution in [1.82, 2.24) is 0 Å². The lowest BCUT2D eigenvalue weighted by atomic mass is 9.93. The van der Waals surface area contributed by atoms with Gasteiger partial charge < -0.3 is 9.47 Å². The van der Waals surface area contributed by atoms with E-state index in [1.807, 2.05) is 36.4 Å². The Kier molecular flexibility index (Phi) is 3.90. The quantitative estimate of drug-likeness (QED) is 0.852. The summed E-state index contributed by atoms with van der Waals surface area (Å²) in [6.07, 6.45) is 2.55. The molecule has 0 fully saturated rings. The van der Waals surface area contributed by atoms with Crippen LogP contribution < -0.4 is 4.74 Å². The van der Waals surface area contributed by atoms with Gasteiger partial charge in [0.1, 0.15) is 29.0 Å². The van der Waals surface area contributed by atoms with E-state index in [9.17, 15) is 4.39 Å². The van der Waals surface area contributed by atoms with Crippen LogP contribution in [0.5, 0.6) is 5.75 Å². The average molecular weight is 295 g/mol. The van der Waals surface area contributed by atoms with E-state index in [1.54, 1.807) is 13.2 Å². The second-order valence-corrected chi connectivity index (χ2v) is 4.94. The van der Waals surface area contributed by atoms with Crippen molar-refractivity contribution in [3.63, 3.8) is 0 Å². The molecule has 0 saturated heterocycles. The number of methoxy groups -OCH3 is 1. The zero-order valence-electron chi connectivity index (χ0n) is 12.0. The van der Waals surface area contributed by atoms with Gasteiger partial charge in [-0.1, -0.05) is 30.3 Å². The molecule has 0 spiro atoms. The van der Waals surface area contributed by atoms with Crippen LogP contribution in [0.1, 0.15) is 29.2 Å². The van der Waals surface area contributed by atoms with Crippen molar-refractivity contribution in [2.45, 2.75) is 12.5 Å². The van der Waals surface area contributed by atoms with E-state index < -0.39 is 5.82 Å². The molecule has 0 radical (unpaired) electrons. The highest BCUT2D eigenvalue weighted by Gasteiger charge is 2.23. The third kappa shape index (κ3) is 2.47. The molecule has 0 aliphatic heterocycles. The lowest BCUT2D eigenvalue weighted by Crippen LogP contribution is -2.11. The van der Waals surface area contributed by atoms with Crippen molar-refractivity contribution >= 4 is 5.76 Å². The molecule has 2 aromatic carbocycles. The maximum atomic E-state index is 13.7. The van der Waals surface area contributed by atoms with E-state index in [0.29, 0.717) is 12.2 Å². The summed E-state index contributed by atoms with van der Waals surface area (Å²) >= 11 is 0. The minimum Gasteiger partial charge on any atom is -0.456 e. The Morgan fingerprint density at radius 2 is 2.00 bits per heavy atom. The molecule has 1 aliphatic rings. The molecular formula is C18H14FNO2. The fraction of sp³-hybridized carbons (Fsp3) is 0.167. The second-order valence-electron chi connectivity index (χ2n) is 4.94. The van der Waals surface area contributed by atoms with Crippen LogP contribution in [0, 0.1) is 17.1 Å². The summed E-state index contributed by atoms with van der Waals surface area (Å²) in [6, 6.07) is 14.0. The Morgan fingerprint density at radius 1 is 1.18 bits per heavy atom. The van der Waals surface area contributed by atoms with Gasteiger partial charge in [-0.05, 0) is 30.2 Å². The fourth-order valence-electron chi connectivity index (χ4n) is 2.59.